The van der Waals surface area contributed by atoms with E-state index in [0.29, 0.717) is 0 Å². The lowest BCUT2D eigenvalue weighted by atomic mass is 10.1. The van der Waals surface area contributed by atoms with Crippen molar-refractivity contribution in [3.8, 4) is 0 Å². The van der Waals surface area contributed by atoms with Crippen molar-refractivity contribution in [2.75, 3.05) is 49.1 Å². The third-order valence-corrected chi connectivity index (χ3v) is 5.73. The Balaban J connectivity index is 1.59. The summed E-state index contributed by atoms with van der Waals surface area (Å²) in [6.07, 6.45) is 0. The summed E-state index contributed by atoms with van der Waals surface area (Å²) in [5.74, 6) is 0. The number of nitrogens with zero attached hydrogens (tertiary/aromatic N) is 4. The Morgan fingerprint density at radius 1 is 1.00 bits per heavy atom. The molecular weight excluding hydrogens is 372 g/mol. The molecule has 0 saturated carbocycles. The molecule has 0 amide bonds. The normalized spacial score (nSPS) is 14.1. The maximum Gasteiger partial charge on any atom is 0.269 e. The molecule has 0 aliphatic carbocycles. The third-order valence-electron chi connectivity index (χ3n) is 5.24. The van der Waals surface area contributed by atoms with E-state index < -0.39 is 0 Å². The van der Waals surface area contributed by atoms with Crippen LogP contribution in [-0.2, 0) is 0 Å². The Kier molecular flexibility index (Phi) is 6.46. The second kappa shape index (κ2) is 9.01. The van der Waals surface area contributed by atoms with E-state index in [2.05, 4.69) is 52.8 Å². The highest BCUT2D eigenvalue weighted by molar-refractivity contribution is 7.80. The zero-order valence-electron chi connectivity index (χ0n) is 16.4. The number of hydrogen-bond donors (Lipinski definition) is 0. The predicted octanol–water partition coefficient (Wildman–Crippen LogP) is 3.94. The number of hydrogen-bond acceptors (Lipinski definition) is 5. The third kappa shape index (κ3) is 4.42. The minimum Gasteiger partial charge on any atom is -0.372 e. The first-order valence-electron chi connectivity index (χ1n) is 9.67. The fraction of sp³-hybridized carbons (Fsp3) is 0.381. The fourth-order valence-corrected chi connectivity index (χ4v) is 3.86. The Morgan fingerprint density at radius 3 is 2.07 bits per heavy atom. The molecule has 148 valence electrons. The summed E-state index contributed by atoms with van der Waals surface area (Å²) in [4.78, 5) is 18.1. The van der Waals surface area contributed by atoms with Crippen molar-refractivity contribution in [1.29, 1.82) is 0 Å². The largest absolute Gasteiger partial charge is 0.372 e. The summed E-state index contributed by atoms with van der Waals surface area (Å²) < 4.78 is 0. The molecule has 1 heterocycles. The summed E-state index contributed by atoms with van der Waals surface area (Å²) in [6, 6.07) is 15.3. The second-order valence-electron chi connectivity index (χ2n) is 6.77. The van der Waals surface area contributed by atoms with Crippen LogP contribution in [0.4, 0.5) is 17.1 Å². The van der Waals surface area contributed by atoms with Crippen molar-refractivity contribution in [3.05, 3.63) is 64.2 Å². The lowest BCUT2D eigenvalue weighted by Crippen LogP contribution is -2.48. The molecule has 1 aliphatic rings. The molecule has 0 atom stereocenters. The number of non-ortho nitro benzene ring substituents is 1. The standard InChI is InChI=1S/C21H26N4O2S/c1-3-22(4-2)18-7-5-17(6-8-18)21(28)24-15-13-23(14-16-24)19-9-11-20(12-10-19)25(26)27/h5-12H,3-4,13-16H2,1-2H3. The molecule has 6 nitrogen and oxygen atoms in total. The molecule has 2 aromatic rings. The van der Waals surface area contributed by atoms with Gasteiger partial charge in [0, 0.05) is 68.3 Å². The SMILES string of the molecule is CCN(CC)c1ccc(C(=S)N2CCN(c3ccc([N+](=O)[O-])cc3)CC2)cc1. The van der Waals surface area contributed by atoms with E-state index in [1.165, 1.54) is 5.69 Å². The number of thiocarbonyl (C=S) groups is 1. The van der Waals surface area contributed by atoms with Crippen LogP contribution in [0.15, 0.2) is 48.5 Å². The van der Waals surface area contributed by atoms with Crippen LogP contribution in [0, 0.1) is 10.1 Å². The molecule has 0 aromatic heterocycles. The minimum absolute atomic E-state index is 0.122. The van der Waals surface area contributed by atoms with E-state index in [4.69, 9.17) is 12.2 Å². The number of nitro groups is 1. The van der Waals surface area contributed by atoms with E-state index in [-0.39, 0.29) is 10.6 Å². The number of benzene rings is 2. The lowest BCUT2D eigenvalue weighted by Gasteiger charge is -2.37. The zero-order valence-corrected chi connectivity index (χ0v) is 17.2. The van der Waals surface area contributed by atoms with Crippen molar-refractivity contribution in [1.82, 2.24) is 4.90 Å². The number of anilines is 2. The summed E-state index contributed by atoms with van der Waals surface area (Å²) in [6.45, 7) is 9.67. The van der Waals surface area contributed by atoms with E-state index in [1.807, 2.05) is 12.1 Å². The maximum atomic E-state index is 10.8. The van der Waals surface area contributed by atoms with Gasteiger partial charge in [0.2, 0.25) is 0 Å². The zero-order chi connectivity index (χ0) is 20.1. The van der Waals surface area contributed by atoms with Crippen LogP contribution in [0.25, 0.3) is 0 Å². The molecule has 7 heteroatoms. The van der Waals surface area contributed by atoms with Crippen LogP contribution in [0.3, 0.4) is 0 Å². The van der Waals surface area contributed by atoms with Gasteiger partial charge in [0.05, 0.1) is 4.92 Å². The summed E-state index contributed by atoms with van der Waals surface area (Å²) >= 11 is 5.73. The van der Waals surface area contributed by atoms with Crippen LogP contribution >= 0.6 is 12.2 Å². The van der Waals surface area contributed by atoms with Crippen LogP contribution in [0.1, 0.15) is 19.4 Å². The molecule has 1 saturated heterocycles. The van der Waals surface area contributed by atoms with E-state index in [9.17, 15) is 10.1 Å². The van der Waals surface area contributed by atoms with E-state index in [0.717, 1.165) is 55.5 Å². The Morgan fingerprint density at radius 2 is 1.57 bits per heavy atom. The molecule has 1 fully saturated rings. The van der Waals surface area contributed by atoms with Crippen LogP contribution in [0.2, 0.25) is 0 Å². The van der Waals surface area contributed by atoms with Gasteiger partial charge >= 0.3 is 0 Å². The summed E-state index contributed by atoms with van der Waals surface area (Å²) in [7, 11) is 0. The van der Waals surface area contributed by atoms with Crippen LogP contribution < -0.4 is 9.80 Å². The van der Waals surface area contributed by atoms with Gasteiger partial charge in [-0.05, 0) is 50.2 Å². The topological polar surface area (TPSA) is 52.9 Å². The molecule has 0 spiro atoms. The monoisotopic (exact) mass is 398 g/mol. The van der Waals surface area contributed by atoms with Gasteiger partial charge in [-0.3, -0.25) is 10.1 Å². The smallest absolute Gasteiger partial charge is 0.269 e. The van der Waals surface area contributed by atoms with Gasteiger partial charge in [-0.25, -0.2) is 0 Å². The quantitative estimate of drug-likeness (QED) is 0.417. The van der Waals surface area contributed by atoms with Gasteiger partial charge in [0.15, 0.2) is 0 Å². The minimum atomic E-state index is -0.369. The molecule has 0 radical (unpaired) electrons. The maximum absolute atomic E-state index is 10.8. The summed E-state index contributed by atoms with van der Waals surface area (Å²) in [5, 5.41) is 10.8. The average Bonchev–Trinajstić information content (AvgIpc) is 2.75. The van der Waals surface area contributed by atoms with Gasteiger partial charge < -0.3 is 14.7 Å². The Hall–Kier alpha value is -2.67. The highest BCUT2D eigenvalue weighted by Crippen LogP contribution is 2.22. The first kappa shape index (κ1) is 20.1. The molecule has 2 aromatic carbocycles. The van der Waals surface area contributed by atoms with Crippen LogP contribution in [0.5, 0.6) is 0 Å². The van der Waals surface area contributed by atoms with Crippen molar-refractivity contribution in [2.24, 2.45) is 0 Å². The van der Waals surface area contributed by atoms with Gasteiger partial charge in [0.25, 0.3) is 5.69 Å². The molecule has 0 N–H and O–H groups in total. The molecule has 0 bridgehead atoms. The second-order valence-corrected chi connectivity index (χ2v) is 7.16. The number of piperazine rings is 1. The van der Waals surface area contributed by atoms with Crippen molar-refractivity contribution in [2.45, 2.75) is 13.8 Å². The predicted molar refractivity (Wildman–Crippen MR) is 119 cm³/mol. The Bertz CT molecular complexity index is 811. The van der Waals surface area contributed by atoms with Gasteiger partial charge in [-0.15, -0.1) is 0 Å². The first-order valence-corrected chi connectivity index (χ1v) is 10.1. The highest BCUT2D eigenvalue weighted by atomic mass is 32.1. The van der Waals surface area contributed by atoms with Crippen molar-refractivity contribution < 1.29 is 4.92 Å². The van der Waals surface area contributed by atoms with Gasteiger partial charge in [-0.2, -0.15) is 0 Å². The van der Waals surface area contributed by atoms with Gasteiger partial charge in [-0.1, -0.05) is 12.2 Å². The highest BCUT2D eigenvalue weighted by Gasteiger charge is 2.20. The molecular formula is C21H26N4O2S. The Labute approximate surface area is 171 Å². The average molecular weight is 399 g/mol. The molecule has 1 aliphatic heterocycles. The van der Waals surface area contributed by atoms with E-state index >= 15 is 0 Å². The van der Waals surface area contributed by atoms with E-state index in [1.54, 1.807) is 12.1 Å². The van der Waals surface area contributed by atoms with Gasteiger partial charge in [0.1, 0.15) is 4.99 Å². The fourth-order valence-electron chi connectivity index (χ4n) is 3.54. The van der Waals surface area contributed by atoms with Crippen molar-refractivity contribution in [3.63, 3.8) is 0 Å². The first-order chi connectivity index (χ1) is 13.5. The van der Waals surface area contributed by atoms with Crippen molar-refractivity contribution >= 4 is 34.3 Å². The molecule has 0 unspecified atom stereocenters. The number of rotatable bonds is 6. The molecule has 3 rings (SSSR count). The lowest BCUT2D eigenvalue weighted by molar-refractivity contribution is -0.384. The summed E-state index contributed by atoms with van der Waals surface area (Å²) in [5.41, 5.74) is 3.44. The molecule has 28 heavy (non-hydrogen) atoms. The van der Waals surface area contributed by atoms with Crippen LogP contribution in [-0.4, -0.2) is 54.1 Å². The number of nitro benzene ring substituents is 1.